The third-order valence-corrected chi connectivity index (χ3v) is 8.86. The van der Waals surface area contributed by atoms with Crippen LogP contribution in [0.1, 0.15) is 12.8 Å². The largest absolute Gasteiger partial charge is 0.325 e. The quantitative estimate of drug-likeness (QED) is 0.416. The fraction of sp³-hybridized carbons (Fsp3) is 0.200. The van der Waals surface area contributed by atoms with Crippen molar-refractivity contribution in [2.45, 2.75) is 17.7 Å². The first-order valence-electron chi connectivity index (χ1n) is 10.9. The molecule has 0 saturated carbocycles. The van der Waals surface area contributed by atoms with E-state index in [0.29, 0.717) is 25.1 Å². The fourth-order valence-corrected chi connectivity index (χ4v) is 6.66. The van der Waals surface area contributed by atoms with Gasteiger partial charge < -0.3 is 5.32 Å². The Hall–Kier alpha value is -3.14. The zero-order chi connectivity index (χ0) is 23.7. The Kier molecular flexibility index (Phi) is 6.16. The first kappa shape index (κ1) is 22.6. The molecule has 1 aliphatic heterocycles. The predicted octanol–water partition coefficient (Wildman–Crippen LogP) is 5.14. The maximum Gasteiger partial charge on any atom is 0.243 e. The summed E-state index contributed by atoms with van der Waals surface area (Å²) in [6, 6.07) is 20.1. The van der Waals surface area contributed by atoms with Crippen LogP contribution in [0.25, 0.3) is 20.8 Å². The second-order valence-corrected chi connectivity index (χ2v) is 11.1. The molecule has 1 amide bonds. The van der Waals surface area contributed by atoms with E-state index in [4.69, 9.17) is 4.98 Å². The number of nitrogens with zero attached hydrogens (tertiary/aromatic N) is 2. The van der Waals surface area contributed by atoms with Crippen molar-refractivity contribution in [2.24, 2.45) is 5.92 Å². The number of para-hydroxylation sites is 2. The van der Waals surface area contributed by atoms with Crippen LogP contribution in [-0.4, -0.2) is 36.7 Å². The number of piperidine rings is 1. The second kappa shape index (κ2) is 9.25. The van der Waals surface area contributed by atoms with Gasteiger partial charge in [0.05, 0.1) is 26.7 Å². The molecule has 0 radical (unpaired) electrons. The van der Waals surface area contributed by atoms with E-state index in [1.165, 1.54) is 16.4 Å². The van der Waals surface area contributed by atoms with E-state index >= 15 is 0 Å². The number of thiazole rings is 1. The van der Waals surface area contributed by atoms with Crippen molar-refractivity contribution in [3.8, 4) is 10.6 Å². The molecule has 6 nitrogen and oxygen atoms in total. The molecular weight excluding hydrogens is 473 g/mol. The summed E-state index contributed by atoms with van der Waals surface area (Å²) in [6.07, 6.45) is 1.16. The lowest BCUT2D eigenvalue weighted by Gasteiger charge is -2.31. The van der Waals surface area contributed by atoms with E-state index in [2.05, 4.69) is 5.32 Å². The van der Waals surface area contributed by atoms with Gasteiger partial charge in [0.15, 0.2) is 0 Å². The van der Waals surface area contributed by atoms with Gasteiger partial charge in [0.1, 0.15) is 10.8 Å². The highest BCUT2D eigenvalue weighted by Gasteiger charge is 2.33. The van der Waals surface area contributed by atoms with E-state index in [0.717, 1.165) is 32.9 Å². The molecule has 2 heterocycles. The number of carbonyl (C=O) groups excluding carboxylic acids is 1. The minimum Gasteiger partial charge on any atom is -0.325 e. The van der Waals surface area contributed by atoms with Gasteiger partial charge in [-0.1, -0.05) is 24.3 Å². The molecular formula is C25H22FN3O3S2. The lowest BCUT2D eigenvalue weighted by Crippen LogP contribution is -2.43. The maximum atomic E-state index is 13.2. The molecule has 0 bridgehead atoms. The Labute approximate surface area is 201 Å². The van der Waals surface area contributed by atoms with Crippen molar-refractivity contribution in [2.75, 3.05) is 18.4 Å². The summed E-state index contributed by atoms with van der Waals surface area (Å²) in [4.78, 5) is 17.9. The molecule has 0 spiro atoms. The average molecular weight is 496 g/mol. The van der Waals surface area contributed by atoms with Crippen LogP contribution in [0.5, 0.6) is 0 Å². The van der Waals surface area contributed by atoms with Crippen LogP contribution in [-0.2, 0) is 14.8 Å². The molecule has 9 heteroatoms. The topological polar surface area (TPSA) is 79.4 Å². The number of benzene rings is 3. The first-order chi connectivity index (χ1) is 16.4. The van der Waals surface area contributed by atoms with Gasteiger partial charge in [0.2, 0.25) is 15.9 Å². The summed E-state index contributed by atoms with van der Waals surface area (Å²) in [7, 11) is -3.81. The molecule has 4 aromatic rings. The fourth-order valence-electron chi connectivity index (χ4n) is 4.13. The normalized spacial score (nSPS) is 17.0. The number of anilines is 1. The van der Waals surface area contributed by atoms with Gasteiger partial charge in [-0.2, -0.15) is 4.31 Å². The van der Waals surface area contributed by atoms with Crippen LogP contribution in [0.3, 0.4) is 0 Å². The van der Waals surface area contributed by atoms with E-state index in [-0.39, 0.29) is 17.3 Å². The Morgan fingerprint density at radius 1 is 1.03 bits per heavy atom. The summed E-state index contributed by atoms with van der Waals surface area (Å²) in [5.74, 6) is -1.22. The number of sulfonamides is 1. The minimum absolute atomic E-state index is 0.0242. The Morgan fingerprint density at radius 3 is 2.56 bits per heavy atom. The van der Waals surface area contributed by atoms with E-state index in [1.54, 1.807) is 11.3 Å². The van der Waals surface area contributed by atoms with Crippen molar-refractivity contribution in [1.29, 1.82) is 0 Å². The van der Waals surface area contributed by atoms with Crippen molar-refractivity contribution in [1.82, 2.24) is 9.29 Å². The predicted molar refractivity (Wildman–Crippen MR) is 132 cm³/mol. The first-order valence-corrected chi connectivity index (χ1v) is 13.2. The van der Waals surface area contributed by atoms with Crippen LogP contribution < -0.4 is 5.32 Å². The third-order valence-electron chi connectivity index (χ3n) is 5.92. The molecule has 1 atom stereocenters. The maximum absolute atomic E-state index is 13.2. The Morgan fingerprint density at radius 2 is 1.76 bits per heavy atom. The number of rotatable bonds is 5. The number of fused-ring (bicyclic) bond motifs is 1. The third kappa shape index (κ3) is 4.46. The molecule has 34 heavy (non-hydrogen) atoms. The molecule has 5 rings (SSSR count). The molecule has 3 aromatic carbocycles. The van der Waals surface area contributed by atoms with Crippen LogP contribution >= 0.6 is 11.3 Å². The van der Waals surface area contributed by atoms with Crippen LogP contribution in [0.15, 0.2) is 77.7 Å². The lowest BCUT2D eigenvalue weighted by molar-refractivity contribution is -0.120. The number of carbonyl (C=O) groups is 1. The summed E-state index contributed by atoms with van der Waals surface area (Å²) >= 11 is 1.55. The highest BCUT2D eigenvalue weighted by molar-refractivity contribution is 7.89. The lowest BCUT2D eigenvalue weighted by atomic mass is 9.98. The van der Waals surface area contributed by atoms with Crippen molar-refractivity contribution >= 4 is 43.2 Å². The SMILES string of the molecule is O=C(Nc1ccccc1-c1nc2ccccc2s1)C1CCCN(S(=O)(=O)c2ccc(F)cc2)C1. The summed E-state index contributed by atoms with van der Waals surface area (Å²) in [5.41, 5.74) is 2.37. The van der Waals surface area contributed by atoms with Crippen LogP contribution in [0.2, 0.25) is 0 Å². The highest BCUT2D eigenvalue weighted by atomic mass is 32.2. The molecule has 1 saturated heterocycles. The number of halogens is 1. The van der Waals surface area contributed by atoms with Gasteiger partial charge >= 0.3 is 0 Å². The monoisotopic (exact) mass is 495 g/mol. The van der Waals surface area contributed by atoms with Crippen molar-refractivity contribution in [3.05, 3.63) is 78.6 Å². The molecule has 1 N–H and O–H groups in total. The van der Waals surface area contributed by atoms with Crippen molar-refractivity contribution < 1.29 is 17.6 Å². The van der Waals surface area contributed by atoms with E-state index < -0.39 is 21.8 Å². The number of hydrogen-bond donors (Lipinski definition) is 1. The zero-order valence-electron chi connectivity index (χ0n) is 18.1. The van der Waals surface area contributed by atoms with E-state index in [1.807, 2.05) is 48.5 Å². The summed E-state index contributed by atoms with van der Waals surface area (Å²) in [5, 5.41) is 3.81. The smallest absolute Gasteiger partial charge is 0.243 e. The molecule has 174 valence electrons. The Bertz CT molecular complexity index is 1420. The summed E-state index contributed by atoms with van der Waals surface area (Å²) < 4.78 is 41.6. The summed E-state index contributed by atoms with van der Waals surface area (Å²) in [6.45, 7) is 0.403. The molecule has 1 aromatic heterocycles. The molecule has 0 aliphatic carbocycles. The van der Waals surface area contributed by atoms with Gasteiger partial charge in [-0.05, 0) is 61.4 Å². The zero-order valence-corrected chi connectivity index (χ0v) is 19.8. The van der Waals surface area contributed by atoms with Gasteiger partial charge in [-0.25, -0.2) is 17.8 Å². The standard InChI is InChI=1S/C25H22FN3O3S2/c26-18-11-13-19(14-12-18)34(31,32)29-15-5-6-17(16-29)24(30)27-21-8-2-1-7-20(21)25-28-22-9-3-4-10-23(22)33-25/h1-4,7-14,17H,5-6,15-16H2,(H,27,30). The van der Waals surface area contributed by atoms with Gasteiger partial charge in [-0.15, -0.1) is 11.3 Å². The average Bonchev–Trinajstić information content (AvgIpc) is 3.29. The van der Waals surface area contributed by atoms with Gasteiger partial charge in [-0.3, -0.25) is 4.79 Å². The molecule has 1 fully saturated rings. The molecule has 1 unspecified atom stereocenters. The van der Waals surface area contributed by atoms with Gasteiger partial charge in [0, 0.05) is 18.7 Å². The number of aromatic nitrogens is 1. The Balaban J connectivity index is 1.35. The number of nitrogens with one attached hydrogen (secondary N) is 1. The second-order valence-electron chi connectivity index (χ2n) is 8.18. The molecule has 1 aliphatic rings. The number of hydrogen-bond acceptors (Lipinski definition) is 5. The van der Waals surface area contributed by atoms with Crippen LogP contribution in [0, 0.1) is 11.7 Å². The van der Waals surface area contributed by atoms with Gasteiger partial charge in [0.25, 0.3) is 0 Å². The van der Waals surface area contributed by atoms with E-state index in [9.17, 15) is 17.6 Å². The van der Waals surface area contributed by atoms with Crippen LogP contribution in [0.4, 0.5) is 10.1 Å². The minimum atomic E-state index is -3.81. The highest BCUT2D eigenvalue weighted by Crippen LogP contribution is 2.35. The van der Waals surface area contributed by atoms with Crippen molar-refractivity contribution in [3.63, 3.8) is 0 Å². The number of amides is 1.